The zero-order valence-electron chi connectivity index (χ0n) is 19.9. The molecule has 5 atom stereocenters. The number of anilines is 1. The summed E-state index contributed by atoms with van der Waals surface area (Å²) in [5, 5.41) is 9.42. The van der Waals surface area contributed by atoms with Gasteiger partial charge in [-0.15, -0.1) is 18.3 Å². The molecular weight excluding hydrogens is 468 g/mol. The Morgan fingerprint density at radius 2 is 2.03 bits per heavy atom. The van der Waals surface area contributed by atoms with Crippen LogP contribution in [0.25, 0.3) is 0 Å². The molecule has 35 heavy (non-hydrogen) atoms. The van der Waals surface area contributed by atoms with E-state index in [0.29, 0.717) is 24.3 Å². The molecule has 8 nitrogen and oxygen atoms in total. The Labute approximate surface area is 209 Å². The fraction of sp³-hybridized carbons (Fsp3) is 0.500. The zero-order chi connectivity index (χ0) is 25.2. The Bertz CT molecular complexity index is 998. The zero-order valence-corrected chi connectivity index (χ0v) is 20.7. The van der Waals surface area contributed by atoms with Crippen LogP contribution in [0, 0.1) is 11.8 Å². The molecule has 1 spiro atoms. The fourth-order valence-corrected chi connectivity index (χ4v) is 7.98. The summed E-state index contributed by atoms with van der Waals surface area (Å²) in [5.74, 6) is -1.37. The highest BCUT2D eigenvalue weighted by molar-refractivity contribution is 8.02. The molecule has 2 unspecified atom stereocenters. The van der Waals surface area contributed by atoms with Crippen LogP contribution in [0.15, 0.2) is 49.6 Å². The number of esters is 1. The molecule has 188 valence electrons. The predicted molar refractivity (Wildman–Crippen MR) is 134 cm³/mol. The van der Waals surface area contributed by atoms with E-state index in [1.165, 1.54) is 6.08 Å². The SMILES string of the molecule is C=CCOC(=O)[C@@H]1[C@@H]2CCC3(S2)C(C(=O)N(CC=C)c2ccc(OC)cc2)N(CCCO)C(=O)[C@H]13. The number of aliphatic hydroxyl groups is 1. The smallest absolute Gasteiger partial charge is 0.311 e. The van der Waals surface area contributed by atoms with Gasteiger partial charge in [-0.3, -0.25) is 14.4 Å². The Morgan fingerprint density at radius 1 is 1.29 bits per heavy atom. The number of thioether (sulfide) groups is 1. The number of fused-ring (bicyclic) bond motifs is 1. The number of carbonyl (C=O) groups is 3. The molecule has 1 aromatic carbocycles. The summed E-state index contributed by atoms with van der Waals surface area (Å²) in [6, 6.07) is 6.42. The van der Waals surface area contributed by atoms with Crippen LogP contribution in [0.4, 0.5) is 5.69 Å². The first-order valence-electron chi connectivity index (χ1n) is 11.9. The maximum Gasteiger partial charge on any atom is 0.311 e. The van der Waals surface area contributed by atoms with Crippen LogP contribution in [-0.2, 0) is 19.1 Å². The van der Waals surface area contributed by atoms with E-state index in [-0.39, 0.29) is 43.4 Å². The van der Waals surface area contributed by atoms with E-state index in [1.54, 1.807) is 59.0 Å². The number of ether oxygens (including phenoxy) is 2. The molecule has 0 radical (unpaired) electrons. The van der Waals surface area contributed by atoms with Crippen LogP contribution in [-0.4, -0.2) is 77.2 Å². The Kier molecular flexibility index (Phi) is 7.56. The number of carbonyl (C=O) groups excluding carboxylic acids is 3. The lowest BCUT2D eigenvalue weighted by Crippen LogP contribution is -2.55. The van der Waals surface area contributed by atoms with Crippen molar-refractivity contribution >= 4 is 35.2 Å². The van der Waals surface area contributed by atoms with Gasteiger partial charge in [0.05, 0.1) is 23.7 Å². The molecule has 1 N–H and O–H groups in total. The number of rotatable bonds is 11. The van der Waals surface area contributed by atoms with E-state index in [2.05, 4.69) is 13.2 Å². The monoisotopic (exact) mass is 500 g/mol. The fourth-order valence-electron chi connectivity index (χ4n) is 5.78. The van der Waals surface area contributed by atoms with Crippen LogP contribution >= 0.6 is 11.8 Å². The van der Waals surface area contributed by atoms with Gasteiger partial charge in [-0.25, -0.2) is 0 Å². The lowest BCUT2D eigenvalue weighted by atomic mass is 9.71. The summed E-state index contributed by atoms with van der Waals surface area (Å²) in [7, 11) is 1.58. The first-order chi connectivity index (χ1) is 16.9. The highest BCUT2D eigenvalue weighted by Gasteiger charge is 2.74. The number of likely N-dealkylation sites (tertiary alicyclic amines) is 1. The molecular formula is C26H32N2O6S. The molecule has 0 aromatic heterocycles. The number of aliphatic hydroxyl groups excluding tert-OH is 1. The molecule has 2 bridgehead atoms. The number of methoxy groups -OCH3 is 1. The van der Waals surface area contributed by atoms with Crippen molar-refractivity contribution in [1.29, 1.82) is 0 Å². The van der Waals surface area contributed by atoms with Crippen LogP contribution in [0.1, 0.15) is 19.3 Å². The number of hydrogen-bond donors (Lipinski definition) is 1. The largest absolute Gasteiger partial charge is 0.497 e. The molecule has 9 heteroatoms. The molecule has 4 rings (SSSR count). The lowest BCUT2D eigenvalue weighted by molar-refractivity contribution is -0.153. The van der Waals surface area contributed by atoms with E-state index in [9.17, 15) is 19.5 Å². The van der Waals surface area contributed by atoms with Crippen molar-refractivity contribution in [3.63, 3.8) is 0 Å². The van der Waals surface area contributed by atoms with Crippen LogP contribution in [0.5, 0.6) is 5.75 Å². The Balaban J connectivity index is 1.72. The minimum Gasteiger partial charge on any atom is -0.497 e. The van der Waals surface area contributed by atoms with Gasteiger partial charge in [0.1, 0.15) is 18.4 Å². The molecule has 3 aliphatic heterocycles. The van der Waals surface area contributed by atoms with Gasteiger partial charge in [-0.1, -0.05) is 18.7 Å². The first kappa shape index (κ1) is 25.3. The normalized spacial score (nSPS) is 28.5. The average Bonchev–Trinajstić information content (AvgIpc) is 3.51. The van der Waals surface area contributed by atoms with Gasteiger partial charge in [0.25, 0.3) is 5.91 Å². The summed E-state index contributed by atoms with van der Waals surface area (Å²) < 4.78 is 9.91. The maximum absolute atomic E-state index is 14.2. The third kappa shape index (κ3) is 4.25. The summed E-state index contributed by atoms with van der Waals surface area (Å²) >= 11 is 1.59. The number of nitrogens with zero attached hydrogens (tertiary/aromatic N) is 2. The standard InChI is InChI=1S/C26H32N2O6S/c1-4-13-27(17-7-9-18(33-3)10-8-17)24(31)22-26-12-11-19(35-26)20(25(32)34-16-5-2)21(26)23(30)28(22)14-6-15-29/h4-5,7-10,19-22,29H,1-2,6,11-16H2,3H3/t19-,20+,21-,22?,26?/m0/s1. The van der Waals surface area contributed by atoms with E-state index in [4.69, 9.17) is 9.47 Å². The average molecular weight is 501 g/mol. The lowest BCUT2D eigenvalue weighted by Gasteiger charge is -2.37. The van der Waals surface area contributed by atoms with E-state index < -0.39 is 28.6 Å². The van der Waals surface area contributed by atoms with E-state index in [0.717, 1.165) is 6.42 Å². The second-order valence-corrected chi connectivity index (χ2v) is 10.6. The van der Waals surface area contributed by atoms with Gasteiger partial charge in [0.15, 0.2) is 0 Å². The first-order valence-corrected chi connectivity index (χ1v) is 12.7. The molecule has 3 saturated heterocycles. The van der Waals surface area contributed by atoms with Crippen molar-refractivity contribution in [2.45, 2.75) is 35.3 Å². The minimum absolute atomic E-state index is 0.0644. The van der Waals surface area contributed by atoms with Crippen molar-refractivity contribution < 1.29 is 29.0 Å². The molecule has 1 aromatic rings. The van der Waals surface area contributed by atoms with Crippen LogP contribution in [0.2, 0.25) is 0 Å². The number of hydrogen-bond acceptors (Lipinski definition) is 7. The summed E-state index contributed by atoms with van der Waals surface area (Å²) in [5.41, 5.74) is 0.671. The highest BCUT2D eigenvalue weighted by Crippen LogP contribution is 2.66. The van der Waals surface area contributed by atoms with Crippen LogP contribution in [0.3, 0.4) is 0 Å². The highest BCUT2D eigenvalue weighted by atomic mass is 32.2. The van der Waals surface area contributed by atoms with Gasteiger partial charge in [0, 0.05) is 30.6 Å². The minimum atomic E-state index is -0.749. The third-order valence-electron chi connectivity index (χ3n) is 7.17. The van der Waals surface area contributed by atoms with Crippen molar-refractivity contribution in [2.75, 3.05) is 38.3 Å². The summed E-state index contributed by atoms with van der Waals surface area (Å²) in [6.07, 6.45) is 4.92. The van der Waals surface area contributed by atoms with E-state index >= 15 is 0 Å². The van der Waals surface area contributed by atoms with Crippen molar-refractivity contribution in [3.05, 3.63) is 49.6 Å². The molecule has 0 aliphatic carbocycles. The van der Waals surface area contributed by atoms with Gasteiger partial charge >= 0.3 is 5.97 Å². The number of benzene rings is 1. The van der Waals surface area contributed by atoms with Gasteiger partial charge in [0.2, 0.25) is 5.91 Å². The second kappa shape index (κ2) is 10.5. The molecule has 3 heterocycles. The maximum atomic E-state index is 14.2. The molecule has 3 fully saturated rings. The molecule has 0 saturated carbocycles. The second-order valence-electron chi connectivity index (χ2n) is 9.02. The Hall–Kier alpha value is -2.78. The summed E-state index contributed by atoms with van der Waals surface area (Å²) in [6.45, 7) is 7.92. The molecule has 2 amide bonds. The molecule has 3 aliphatic rings. The quantitative estimate of drug-likeness (QED) is 0.368. The predicted octanol–water partition coefficient (Wildman–Crippen LogP) is 2.42. The van der Waals surface area contributed by atoms with Crippen molar-refractivity contribution in [1.82, 2.24) is 4.90 Å². The van der Waals surface area contributed by atoms with Crippen molar-refractivity contribution in [3.8, 4) is 5.75 Å². The van der Waals surface area contributed by atoms with Crippen molar-refractivity contribution in [2.24, 2.45) is 11.8 Å². The van der Waals surface area contributed by atoms with Gasteiger partial charge < -0.3 is 24.4 Å². The van der Waals surface area contributed by atoms with Gasteiger partial charge in [-0.05, 0) is 43.5 Å². The Morgan fingerprint density at radius 3 is 2.66 bits per heavy atom. The number of amides is 2. The third-order valence-corrected chi connectivity index (χ3v) is 9.12. The van der Waals surface area contributed by atoms with Gasteiger partial charge in [-0.2, -0.15) is 0 Å². The summed E-state index contributed by atoms with van der Waals surface area (Å²) in [4.78, 5) is 44.2. The van der Waals surface area contributed by atoms with Crippen LogP contribution < -0.4 is 9.64 Å². The topological polar surface area (TPSA) is 96.4 Å². The van der Waals surface area contributed by atoms with E-state index in [1.807, 2.05) is 0 Å².